The number of alkyl halides is 3. The van der Waals surface area contributed by atoms with Gasteiger partial charge in [0.05, 0.1) is 0 Å². The molecule has 0 aliphatic carbocycles. The quantitative estimate of drug-likeness (QED) is 0.661. The molecule has 0 saturated carbocycles. The van der Waals surface area contributed by atoms with Gasteiger partial charge in [-0.1, -0.05) is 19.8 Å². The number of nitrogens with one attached hydrogen (secondary N) is 1. The highest BCUT2D eigenvalue weighted by molar-refractivity contribution is 5.89. The molecule has 1 aromatic carbocycles. The van der Waals surface area contributed by atoms with Gasteiger partial charge < -0.3 is 15.0 Å². The van der Waals surface area contributed by atoms with Gasteiger partial charge in [0, 0.05) is 24.3 Å². The second-order valence-corrected chi connectivity index (χ2v) is 9.10. The van der Waals surface area contributed by atoms with Gasteiger partial charge in [-0.3, -0.25) is 4.90 Å². The van der Waals surface area contributed by atoms with Crippen molar-refractivity contribution in [2.75, 3.05) is 25.0 Å². The van der Waals surface area contributed by atoms with E-state index in [4.69, 9.17) is 0 Å². The molecule has 172 valence electrons. The molecular formula is C23H32F3N3O2. The number of piperidine rings is 3. The lowest BCUT2D eigenvalue weighted by Gasteiger charge is -2.57. The van der Waals surface area contributed by atoms with E-state index in [1.807, 2.05) is 4.90 Å². The minimum atomic E-state index is -4.73. The van der Waals surface area contributed by atoms with E-state index in [1.54, 1.807) is 0 Å². The summed E-state index contributed by atoms with van der Waals surface area (Å²) in [7, 11) is 0. The Balaban J connectivity index is 1.48. The molecule has 1 N–H and O–H groups in total. The average Bonchev–Trinajstić information content (AvgIpc) is 2.73. The smallest absolute Gasteiger partial charge is 0.406 e. The summed E-state index contributed by atoms with van der Waals surface area (Å²) in [5.41, 5.74) is 0.477. The van der Waals surface area contributed by atoms with Crippen LogP contribution in [-0.4, -0.2) is 53.9 Å². The maximum atomic E-state index is 13.3. The van der Waals surface area contributed by atoms with Gasteiger partial charge >= 0.3 is 12.4 Å². The third-order valence-electron chi connectivity index (χ3n) is 7.13. The fourth-order valence-electron chi connectivity index (χ4n) is 5.95. The standard InChI is InChI=1S/C23H32F3N3O2/c1-2-3-8-20-19-7-5-14-28-13-4-6-16(21(19)28)15-29(20)22(30)27-17-9-11-18(12-10-17)31-23(24,25)26/h9-12,16,19-21H,2-8,13-15H2,1H3,(H,27,30)/t16-,19+,20+,21-/m0/s1. The van der Waals surface area contributed by atoms with Crippen LogP contribution in [-0.2, 0) is 0 Å². The highest BCUT2D eigenvalue weighted by atomic mass is 19.4. The second-order valence-electron chi connectivity index (χ2n) is 9.10. The number of urea groups is 1. The van der Waals surface area contributed by atoms with Crippen molar-refractivity contribution in [1.29, 1.82) is 0 Å². The molecule has 31 heavy (non-hydrogen) atoms. The van der Waals surface area contributed by atoms with Crippen LogP contribution in [0.1, 0.15) is 51.9 Å². The number of nitrogens with zero attached hydrogens (tertiary/aromatic N) is 2. The maximum absolute atomic E-state index is 13.3. The third-order valence-corrected chi connectivity index (χ3v) is 7.13. The lowest BCUT2D eigenvalue weighted by atomic mass is 9.69. The third kappa shape index (κ3) is 5.10. The molecule has 0 unspecified atom stereocenters. The summed E-state index contributed by atoms with van der Waals surface area (Å²) in [5, 5.41) is 2.91. The van der Waals surface area contributed by atoms with Crippen LogP contribution in [0.3, 0.4) is 0 Å². The van der Waals surface area contributed by atoms with Gasteiger partial charge in [-0.25, -0.2) is 4.79 Å². The minimum Gasteiger partial charge on any atom is -0.406 e. The average molecular weight is 440 g/mol. The maximum Gasteiger partial charge on any atom is 0.573 e. The Kier molecular flexibility index (Phi) is 6.65. The van der Waals surface area contributed by atoms with Gasteiger partial charge in [0.2, 0.25) is 0 Å². The van der Waals surface area contributed by atoms with E-state index in [2.05, 4.69) is 21.9 Å². The molecule has 3 aliphatic heterocycles. The number of halogens is 3. The molecule has 3 heterocycles. The van der Waals surface area contributed by atoms with Gasteiger partial charge in [0.1, 0.15) is 5.75 Å². The molecule has 8 heteroatoms. The number of benzene rings is 1. The fraction of sp³-hybridized carbons (Fsp3) is 0.696. The van der Waals surface area contributed by atoms with Crippen molar-refractivity contribution in [3.63, 3.8) is 0 Å². The van der Waals surface area contributed by atoms with Crippen LogP contribution >= 0.6 is 0 Å². The van der Waals surface area contributed by atoms with Crippen molar-refractivity contribution in [3.05, 3.63) is 24.3 Å². The van der Waals surface area contributed by atoms with Gasteiger partial charge in [-0.15, -0.1) is 13.2 Å². The van der Waals surface area contributed by atoms with Gasteiger partial charge in [0.25, 0.3) is 0 Å². The van der Waals surface area contributed by atoms with Crippen molar-refractivity contribution in [2.45, 2.75) is 70.3 Å². The van der Waals surface area contributed by atoms with E-state index >= 15 is 0 Å². The normalized spacial score (nSPS) is 28.7. The first kappa shape index (κ1) is 22.2. The number of likely N-dealkylation sites (tertiary alicyclic amines) is 1. The highest BCUT2D eigenvalue weighted by Gasteiger charge is 2.49. The first-order valence-electron chi connectivity index (χ1n) is 11.5. The molecule has 1 aromatic rings. The molecule has 5 nitrogen and oxygen atoms in total. The van der Waals surface area contributed by atoms with Crippen LogP contribution in [0.5, 0.6) is 5.75 Å². The molecule has 0 aromatic heterocycles. The molecule has 3 aliphatic rings. The number of hydrogen-bond donors (Lipinski definition) is 1. The highest BCUT2D eigenvalue weighted by Crippen LogP contribution is 2.43. The summed E-state index contributed by atoms with van der Waals surface area (Å²) in [4.78, 5) is 18.0. The molecule has 2 amide bonds. The van der Waals surface area contributed by atoms with Crippen LogP contribution in [0.25, 0.3) is 0 Å². The number of ether oxygens (including phenoxy) is 1. The predicted molar refractivity (Wildman–Crippen MR) is 113 cm³/mol. The number of carbonyl (C=O) groups is 1. The van der Waals surface area contributed by atoms with E-state index < -0.39 is 6.36 Å². The van der Waals surface area contributed by atoms with Crippen molar-refractivity contribution in [3.8, 4) is 5.75 Å². The number of unbranched alkanes of at least 4 members (excludes halogenated alkanes) is 1. The number of carbonyl (C=O) groups excluding carboxylic acids is 1. The van der Waals surface area contributed by atoms with Crippen LogP contribution in [0.2, 0.25) is 0 Å². The lowest BCUT2D eigenvalue weighted by molar-refractivity contribution is -0.274. The summed E-state index contributed by atoms with van der Waals surface area (Å²) >= 11 is 0. The summed E-state index contributed by atoms with van der Waals surface area (Å²) in [6.07, 6.45) is 3.16. The van der Waals surface area contributed by atoms with Crippen molar-refractivity contribution in [1.82, 2.24) is 9.80 Å². The number of amides is 2. The van der Waals surface area contributed by atoms with Crippen LogP contribution < -0.4 is 10.1 Å². The second kappa shape index (κ2) is 9.27. The zero-order valence-electron chi connectivity index (χ0n) is 18.0. The van der Waals surface area contributed by atoms with Crippen LogP contribution in [0.4, 0.5) is 23.7 Å². The SMILES string of the molecule is CCCC[C@@H]1[C@H]2CCCN3CCC[C@@H](CN1C(=O)Nc1ccc(OC(F)(F)F)cc1)[C@@H]23. The summed E-state index contributed by atoms with van der Waals surface area (Å²) < 4.78 is 41.0. The monoisotopic (exact) mass is 439 g/mol. The topological polar surface area (TPSA) is 44.8 Å². The van der Waals surface area contributed by atoms with E-state index in [9.17, 15) is 18.0 Å². The lowest BCUT2D eigenvalue weighted by Crippen LogP contribution is -2.66. The molecule has 4 atom stereocenters. The van der Waals surface area contributed by atoms with E-state index in [-0.39, 0.29) is 17.8 Å². The zero-order valence-corrected chi connectivity index (χ0v) is 18.0. The number of anilines is 1. The van der Waals surface area contributed by atoms with Gasteiger partial charge in [-0.2, -0.15) is 0 Å². The Morgan fingerprint density at radius 1 is 1.16 bits per heavy atom. The van der Waals surface area contributed by atoms with Crippen molar-refractivity contribution < 1.29 is 22.7 Å². The number of hydrogen-bond acceptors (Lipinski definition) is 3. The van der Waals surface area contributed by atoms with E-state index in [1.165, 1.54) is 56.6 Å². The first-order chi connectivity index (χ1) is 14.9. The Morgan fingerprint density at radius 2 is 1.87 bits per heavy atom. The summed E-state index contributed by atoms with van der Waals surface area (Å²) in [6.45, 7) is 5.29. The molecular weight excluding hydrogens is 407 g/mol. The van der Waals surface area contributed by atoms with Crippen molar-refractivity contribution >= 4 is 11.7 Å². The Bertz CT molecular complexity index is 753. The largest absolute Gasteiger partial charge is 0.573 e. The Morgan fingerprint density at radius 3 is 2.55 bits per heavy atom. The number of rotatable bonds is 5. The fourth-order valence-corrected chi connectivity index (χ4v) is 5.95. The molecule has 4 rings (SSSR count). The van der Waals surface area contributed by atoms with Gasteiger partial charge in [-0.05, 0) is 81.3 Å². The van der Waals surface area contributed by atoms with E-state index in [0.717, 1.165) is 32.2 Å². The molecule has 3 fully saturated rings. The first-order valence-corrected chi connectivity index (χ1v) is 11.5. The van der Waals surface area contributed by atoms with Gasteiger partial charge in [0.15, 0.2) is 0 Å². The molecule has 0 radical (unpaired) electrons. The minimum absolute atomic E-state index is 0.147. The van der Waals surface area contributed by atoms with Crippen molar-refractivity contribution in [2.24, 2.45) is 11.8 Å². The zero-order chi connectivity index (χ0) is 22.0. The summed E-state index contributed by atoms with van der Waals surface area (Å²) in [6, 6.07) is 6.02. The van der Waals surface area contributed by atoms with Crippen LogP contribution in [0, 0.1) is 11.8 Å². The van der Waals surface area contributed by atoms with Crippen LogP contribution in [0.15, 0.2) is 24.3 Å². The molecule has 0 spiro atoms. The predicted octanol–water partition coefficient (Wildman–Crippen LogP) is 5.48. The molecule has 0 bridgehead atoms. The summed E-state index contributed by atoms with van der Waals surface area (Å²) in [5.74, 6) is 0.717. The Labute approximate surface area is 181 Å². The molecule has 3 saturated heterocycles. The Hall–Kier alpha value is -1.96. The van der Waals surface area contributed by atoms with E-state index in [0.29, 0.717) is 23.6 Å².